The number of ether oxygens (including phenoxy) is 1. The molecule has 1 saturated heterocycles. The van der Waals surface area contributed by atoms with Crippen molar-refractivity contribution in [1.82, 2.24) is 0 Å². The Morgan fingerprint density at radius 1 is 1.28 bits per heavy atom. The molecule has 1 aromatic carbocycles. The number of rotatable bonds is 3. The first-order chi connectivity index (χ1) is 8.47. The predicted octanol–water partition coefficient (Wildman–Crippen LogP) is 3.52. The van der Waals surface area contributed by atoms with E-state index in [-0.39, 0.29) is 11.0 Å². The van der Waals surface area contributed by atoms with E-state index in [1.54, 1.807) is 0 Å². The van der Waals surface area contributed by atoms with E-state index >= 15 is 0 Å². The summed E-state index contributed by atoms with van der Waals surface area (Å²) in [4.78, 5) is 0. The van der Waals surface area contributed by atoms with Crippen LogP contribution in [-0.2, 0) is 10.2 Å². The summed E-state index contributed by atoms with van der Waals surface area (Å²) in [6, 6.07) is 8.22. The van der Waals surface area contributed by atoms with Crippen molar-refractivity contribution in [1.29, 1.82) is 0 Å². The molecule has 100 valence electrons. The first-order valence-electron chi connectivity index (χ1n) is 6.58. The summed E-state index contributed by atoms with van der Waals surface area (Å²) in [5.74, 6) is 0. The summed E-state index contributed by atoms with van der Waals surface area (Å²) >= 11 is 5.98. The van der Waals surface area contributed by atoms with E-state index in [1.165, 1.54) is 5.56 Å². The first-order valence-corrected chi connectivity index (χ1v) is 6.95. The molecule has 1 aromatic rings. The number of hydrogen-bond acceptors (Lipinski definition) is 2. The third kappa shape index (κ3) is 2.87. The van der Waals surface area contributed by atoms with Crippen molar-refractivity contribution in [3.05, 3.63) is 34.9 Å². The zero-order valence-corrected chi connectivity index (χ0v) is 12.0. The predicted molar refractivity (Wildman–Crippen MR) is 76.1 cm³/mol. The van der Waals surface area contributed by atoms with E-state index in [9.17, 15) is 0 Å². The van der Waals surface area contributed by atoms with Crippen molar-refractivity contribution >= 4 is 11.6 Å². The quantitative estimate of drug-likeness (QED) is 0.910. The maximum Gasteiger partial charge on any atom is 0.0635 e. The Hall–Kier alpha value is -0.570. The van der Waals surface area contributed by atoms with E-state index in [2.05, 4.69) is 26.0 Å². The van der Waals surface area contributed by atoms with Crippen LogP contribution in [0.3, 0.4) is 0 Å². The van der Waals surface area contributed by atoms with Gasteiger partial charge >= 0.3 is 0 Å². The Morgan fingerprint density at radius 3 is 2.50 bits per heavy atom. The summed E-state index contributed by atoms with van der Waals surface area (Å²) in [7, 11) is 0. The summed E-state index contributed by atoms with van der Waals surface area (Å²) in [5.41, 5.74) is 7.24. The van der Waals surface area contributed by atoms with Crippen LogP contribution in [0.4, 0.5) is 0 Å². The lowest BCUT2D eigenvalue weighted by atomic mass is 9.67. The van der Waals surface area contributed by atoms with Gasteiger partial charge in [-0.05, 0) is 57.4 Å². The molecule has 18 heavy (non-hydrogen) atoms. The second-order valence-electron chi connectivity index (χ2n) is 5.86. The summed E-state index contributed by atoms with van der Waals surface area (Å²) in [6.07, 6.45) is 3.05. The van der Waals surface area contributed by atoms with Crippen molar-refractivity contribution < 1.29 is 4.74 Å². The van der Waals surface area contributed by atoms with Gasteiger partial charge in [0.05, 0.1) is 5.60 Å². The van der Waals surface area contributed by atoms with Crippen LogP contribution < -0.4 is 5.73 Å². The Kier molecular flexibility index (Phi) is 4.00. The summed E-state index contributed by atoms with van der Waals surface area (Å²) in [5, 5.41) is 0.785. The maximum atomic E-state index is 5.98. The van der Waals surface area contributed by atoms with Crippen LogP contribution in [0.2, 0.25) is 5.02 Å². The molecule has 1 unspecified atom stereocenters. The monoisotopic (exact) mass is 267 g/mol. The van der Waals surface area contributed by atoms with Crippen LogP contribution in [-0.4, -0.2) is 18.8 Å². The molecule has 0 aromatic heterocycles. The number of benzene rings is 1. The molecule has 0 bridgehead atoms. The molecule has 1 aliphatic rings. The Bertz CT molecular complexity index is 397. The van der Waals surface area contributed by atoms with E-state index in [0.717, 1.165) is 30.9 Å². The van der Waals surface area contributed by atoms with Gasteiger partial charge in [-0.25, -0.2) is 0 Å². The highest BCUT2D eigenvalue weighted by atomic mass is 35.5. The van der Waals surface area contributed by atoms with Gasteiger partial charge in [0.25, 0.3) is 0 Å². The van der Waals surface area contributed by atoms with Crippen LogP contribution >= 0.6 is 11.6 Å². The Morgan fingerprint density at radius 2 is 1.94 bits per heavy atom. The number of hydrogen-bond donors (Lipinski definition) is 1. The lowest BCUT2D eigenvalue weighted by Gasteiger charge is -2.45. The molecule has 0 amide bonds. The number of nitrogens with two attached hydrogens (primary N) is 1. The highest BCUT2D eigenvalue weighted by molar-refractivity contribution is 6.30. The third-order valence-corrected chi connectivity index (χ3v) is 4.17. The zero-order valence-electron chi connectivity index (χ0n) is 11.2. The SMILES string of the molecule is CC1(C)CC(CCN)(c2ccc(Cl)cc2)CCO1. The molecule has 2 N–H and O–H groups in total. The molecule has 1 aliphatic heterocycles. The van der Waals surface area contributed by atoms with E-state index in [0.29, 0.717) is 6.54 Å². The van der Waals surface area contributed by atoms with Gasteiger partial charge in [0.15, 0.2) is 0 Å². The Labute approximate surface area is 114 Å². The first kappa shape index (κ1) is 13.9. The van der Waals surface area contributed by atoms with Crippen molar-refractivity contribution in [3.63, 3.8) is 0 Å². The van der Waals surface area contributed by atoms with Crippen LogP contribution in [0, 0.1) is 0 Å². The molecular weight excluding hydrogens is 246 g/mol. The average Bonchev–Trinajstić information content (AvgIpc) is 2.28. The van der Waals surface area contributed by atoms with Gasteiger partial charge in [-0.2, -0.15) is 0 Å². The van der Waals surface area contributed by atoms with Crippen molar-refractivity contribution in [2.24, 2.45) is 5.73 Å². The minimum absolute atomic E-state index is 0.0763. The van der Waals surface area contributed by atoms with E-state index in [4.69, 9.17) is 22.1 Å². The van der Waals surface area contributed by atoms with Crippen LogP contribution in [0.5, 0.6) is 0 Å². The largest absolute Gasteiger partial charge is 0.376 e. The second-order valence-corrected chi connectivity index (χ2v) is 6.30. The highest BCUT2D eigenvalue weighted by Crippen LogP contribution is 2.43. The van der Waals surface area contributed by atoms with Gasteiger partial charge in [-0.3, -0.25) is 0 Å². The molecule has 0 saturated carbocycles. The summed E-state index contributed by atoms with van der Waals surface area (Å²) < 4.78 is 5.85. The highest BCUT2D eigenvalue weighted by Gasteiger charge is 2.41. The molecule has 1 atom stereocenters. The molecular formula is C15H22ClNO. The fourth-order valence-electron chi connectivity index (χ4n) is 3.16. The molecule has 2 rings (SSSR count). The summed E-state index contributed by atoms with van der Waals surface area (Å²) in [6.45, 7) is 5.83. The normalized spacial score (nSPS) is 27.1. The van der Waals surface area contributed by atoms with Crippen molar-refractivity contribution in [2.45, 2.75) is 44.1 Å². The molecule has 0 aliphatic carbocycles. The molecule has 1 heterocycles. The maximum absolute atomic E-state index is 5.98. The van der Waals surface area contributed by atoms with Gasteiger partial charge in [0.2, 0.25) is 0 Å². The molecule has 3 heteroatoms. The fraction of sp³-hybridized carbons (Fsp3) is 0.600. The van der Waals surface area contributed by atoms with Crippen LogP contribution in [0.15, 0.2) is 24.3 Å². The standard InChI is InChI=1S/C15H22ClNO/c1-14(2)11-15(7-9-17,8-10-18-14)12-3-5-13(16)6-4-12/h3-6H,7-11,17H2,1-2H3. The molecule has 1 fully saturated rings. The van der Waals surface area contributed by atoms with Gasteiger partial charge in [0, 0.05) is 17.0 Å². The lowest BCUT2D eigenvalue weighted by molar-refractivity contribution is -0.0836. The Balaban J connectivity index is 2.34. The second kappa shape index (κ2) is 5.20. The third-order valence-electron chi connectivity index (χ3n) is 3.92. The van der Waals surface area contributed by atoms with Crippen LogP contribution in [0.25, 0.3) is 0 Å². The van der Waals surface area contributed by atoms with E-state index in [1.807, 2.05) is 12.1 Å². The van der Waals surface area contributed by atoms with Gasteiger partial charge in [0.1, 0.15) is 0 Å². The molecule has 2 nitrogen and oxygen atoms in total. The minimum atomic E-state index is -0.0763. The number of halogens is 1. The zero-order chi connectivity index (χ0) is 13.2. The van der Waals surface area contributed by atoms with Gasteiger partial charge in [-0.1, -0.05) is 23.7 Å². The van der Waals surface area contributed by atoms with Crippen molar-refractivity contribution in [2.75, 3.05) is 13.2 Å². The molecule has 0 spiro atoms. The lowest BCUT2D eigenvalue weighted by Crippen LogP contribution is -2.45. The van der Waals surface area contributed by atoms with Crippen molar-refractivity contribution in [3.8, 4) is 0 Å². The fourth-order valence-corrected chi connectivity index (χ4v) is 3.29. The smallest absolute Gasteiger partial charge is 0.0635 e. The van der Waals surface area contributed by atoms with Gasteiger partial charge < -0.3 is 10.5 Å². The average molecular weight is 268 g/mol. The minimum Gasteiger partial charge on any atom is -0.376 e. The van der Waals surface area contributed by atoms with Crippen LogP contribution in [0.1, 0.15) is 38.7 Å². The van der Waals surface area contributed by atoms with E-state index < -0.39 is 0 Å². The molecule has 0 radical (unpaired) electrons. The van der Waals surface area contributed by atoms with Gasteiger partial charge in [-0.15, -0.1) is 0 Å². The topological polar surface area (TPSA) is 35.2 Å².